The molecule has 0 atom stereocenters. The van der Waals surface area contributed by atoms with Crippen LogP contribution in [-0.4, -0.2) is 12.4 Å². The van der Waals surface area contributed by atoms with Crippen LogP contribution in [0.2, 0.25) is 5.02 Å². The van der Waals surface area contributed by atoms with E-state index in [0.717, 1.165) is 0 Å². The Hall–Kier alpha value is -1.39. The molecule has 0 aromatic heterocycles. The van der Waals surface area contributed by atoms with Crippen molar-refractivity contribution in [3.05, 3.63) is 62.8 Å². The number of carbonyl (C=O) groups is 1. The van der Waals surface area contributed by atoms with Gasteiger partial charge in [0.1, 0.15) is 5.75 Å². The molecule has 0 aliphatic heterocycles. The van der Waals surface area contributed by atoms with E-state index in [-0.39, 0.29) is 10.6 Å². The third-order valence-corrected chi connectivity index (χ3v) is 3.97. The molecule has 2 aromatic rings. The van der Waals surface area contributed by atoms with Crippen molar-refractivity contribution < 1.29 is 13.9 Å². The molecule has 0 saturated carbocycles. The number of rotatable bonds is 4. The summed E-state index contributed by atoms with van der Waals surface area (Å²) in [7, 11) is 0. The van der Waals surface area contributed by atoms with Crippen LogP contribution in [0.25, 0.3) is 0 Å². The van der Waals surface area contributed by atoms with Crippen molar-refractivity contribution in [1.29, 1.82) is 0 Å². The van der Waals surface area contributed by atoms with Gasteiger partial charge in [0.05, 0.1) is 17.2 Å². The van der Waals surface area contributed by atoms with Gasteiger partial charge in [0.2, 0.25) is 0 Å². The van der Waals surface area contributed by atoms with Crippen molar-refractivity contribution in [3.8, 4) is 5.75 Å². The van der Waals surface area contributed by atoms with Crippen LogP contribution in [0.5, 0.6) is 5.75 Å². The van der Waals surface area contributed by atoms with E-state index < -0.39 is 11.6 Å². The lowest BCUT2D eigenvalue weighted by molar-refractivity contribution is 0.103. The number of ketones is 1. The molecule has 0 aliphatic carbocycles. The Bertz CT molecular complexity index is 641. The molecule has 0 unspecified atom stereocenters. The lowest BCUT2D eigenvalue weighted by atomic mass is 10.0. The van der Waals surface area contributed by atoms with Crippen molar-refractivity contribution in [2.24, 2.45) is 0 Å². The third kappa shape index (κ3) is 3.02. The van der Waals surface area contributed by atoms with Gasteiger partial charge in [-0.05, 0) is 59.3 Å². The van der Waals surface area contributed by atoms with Gasteiger partial charge in [0.25, 0.3) is 0 Å². The summed E-state index contributed by atoms with van der Waals surface area (Å²) in [6, 6.07) is 9.51. The largest absolute Gasteiger partial charge is 0.494 e. The summed E-state index contributed by atoms with van der Waals surface area (Å²) in [6.07, 6.45) is 0. The number of halogens is 3. The van der Waals surface area contributed by atoms with Gasteiger partial charge >= 0.3 is 0 Å². The van der Waals surface area contributed by atoms with Crippen LogP contribution in [0.15, 0.2) is 40.9 Å². The van der Waals surface area contributed by atoms with E-state index in [0.29, 0.717) is 22.4 Å². The van der Waals surface area contributed by atoms with Gasteiger partial charge in [-0.1, -0.05) is 11.6 Å². The zero-order valence-electron chi connectivity index (χ0n) is 10.6. The molecule has 2 nitrogen and oxygen atoms in total. The Morgan fingerprint density at radius 2 is 1.90 bits per heavy atom. The highest BCUT2D eigenvalue weighted by Gasteiger charge is 2.18. The average Bonchev–Trinajstić information content (AvgIpc) is 2.45. The van der Waals surface area contributed by atoms with E-state index >= 15 is 0 Å². The molecular formula is C15H11BrClFO2. The molecule has 5 heteroatoms. The summed E-state index contributed by atoms with van der Waals surface area (Å²) in [4.78, 5) is 12.2. The highest BCUT2D eigenvalue weighted by atomic mass is 79.9. The maximum absolute atomic E-state index is 14.0. The average molecular weight is 358 g/mol. The van der Waals surface area contributed by atoms with Crippen molar-refractivity contribution in [2.45, 2.75) is 6.92 Å². The van der Waals surface area contributed by atoms with Gasteiger partial charge in [-0.15, -0.1) is 0 Å². The molecule has 0 radical (unpaired) electrons. The van der Waals surface area contributed by atoms with Gasteiger partial charge in [-0.25, -0.2) is 4.39 Å². The van der Waals surface area contributed by atoms with Crippen LogP contribution in [0.1, 0.15) is 22.8 Å². The zero-order chi connectivity index (χ0) is 14.7. The minimum atomic E-state index is -0.722. The van der Waals surface area contributed by atoms with Gasteiger partial charge < -0.3 is 4.74 Å². The molecule has 0 aliphatic rings. The molecule has 2 rings (SSSR count). The third-order valence-electron chi connectivity index (χ3n) is 2.71. The standard InChI is InChI=1S/C15H11BrClFO2/c1-2-20-10-5-3-9(4-6-10)15(19)11-7-8-12(16)13(17)14(11)18/h3-8H,2H2,1H3. The lowest BCUT2D eigenvalue weighted by Crippen LogP contribution is -2.05. The van der Waals surface area contributed by atoms with Crippen molar-refractivity contribution in [3.63, 3.8) is 0 Å². The van der Waals surface area contributed by atoms with Crippen LogP contribution in [0, 0.1) is 5.82 Å². The minimum absolute atomic E-state index is 0.0534. The molecule has 2 aromatic carbocycles. The summed E-state index contributed by atoms with van der Waals surface area (Å²) in [5.41, 5.74) is 0.327. The Balaban J connectivity index is 2.34. The summed E-state index contributed by atoms with van der Waals surface area (Å²) >= 11 is 8.90. The molecular weight excluding hydrogens is 347 g/mol. The first-order valence-electron chi connectivity index (χ1n) is 5.95. The van der Waals surface area contributed by atoms with E-state index in [1.807, 2.05) is 6.92 Å². The number of hydrogen-bond acceptors (Lipinski definition) is 2. The van der Waals surface area contributed by atoms with Gasteiger partial charge in [0.15, 0.2) is 11.6 Å². The highest BCUT2D eigenvalue weighted by Crippen LogP contribution is 2.29. The van der Waals surface area contributed by atoms with E-state index in [1.165, 1.54) is 6.07 Å². The van der Waals surface area contributed by atoms with E-state index in [2.05, 4.69) is 15.9 Å². The smallest absolute Gasteiger partial charge is 0.196 e. The first-order chi connectivity index (χ1) is 9.54. The Labute approximate surface area is 129 Å². The fourth-order valence-electron chi connectivity index (χ4n) is 1.73. The first-order valence-corrected chi connectivity index (χ1v) is 7.12. The first kappa shape index (κ1) is 15.0. The monoisotopic (exact) mass is 356 g/mol. The highest BCUT2D eigenvalue weighted by molar-refractivity contribution is 9.10. The molecule has 0 heterocycles. The summed E-state index contributed by atoms with van der Waals surface area (Å²) in [6.45, 7) is 2.42. The molecule has 0 bridgehead atoms. The molecule has 0 saturated heterocycles. The number of benzene rings is 2. The predicted octanol–water partition coefficient (Wildman–Crippen LogP) is 4.87. The Morgan fingerprint density at radius 1 is 1.25 bits per heavy atom. The van der Waals surface area contributed by atoms with Gasteiger partial charge in [-0.2, -0.15) is 0 Å². The second-order valence-corrected chi connectivity index (χ2v) is 5.24. The van der Waals surface area contributed by atoms with Gasteiger partial charge in [0, 0.05) is 10.0 Å². The van der Waals surface area contributed by atoms with Crippen LogP contribution < -0.4 is 4.74 Å². The topological polar surface area (TPSA) is 26.3 Å². The van der Waals surface area contributed by atoms with Crippen molar-refractivity contribution >= 4 is 33.3 Å². The number of ether oxygens (including phenoxy) is 1. The predicted molar refractivity (Wildman–Crippen MR) is 80.2 cm³/mol. The molecule has 0 N–H and O–H groups in total. The second-order valence-electron chi connectivity index (χ2n) is 4.01. The quantitative estimate of drug-likeness (QED) is 0.576. The van der Waals surface area contributed by atoms with E-state index in [9.17, 15) is 9.18 Å². The maximum Gasteiger partial charge on any atom is 0.196 e. The summed E-state index contributed by atoms with van der Waals surface area (Å²) in [5, 5.41) is -0.0956. The van der Waals surface area contributed by atoms with E-state index in [4.69, 9.17) is 16.3 Å². The molecule has 0 spiro atoms. The van der Waals surface area contributed by atoms with Gasteiger partial charge in [-0.3, -0.25) is 4.79 Å². The maximum atomic E-state index is 14.0. The summed E-state index contributed by atoms with van der Waals surface area (Å²) < 4.78 is 19.7. The number of carbonyl (C=O) groups excluding carboxylic acids is 1. The van der Waals surface area contributed by atoms with Crippen LogP contribution in [0.3, 0.4) is 0 Å². The lowest BCUT2D eigenvalue weighted by Gasteiger charge is -2.07. The van der Waals surface area contributed by atoms with Crippen LogP contribution in [-0.2, 0) is 0 Å². The summed E-state index contributed by atoms with van der Waals surface area (Å²) in [5.74, 6) is -0.474. The molecule has 104 valence electrons. The Morgan fingerprint density at radius 3 is 2.50 bits per heavy atom. The minimum Gasteiger partial charge on any atom is -0.494 e. The SMILES string of the molecule is CCOc1ccc(C(=O)c2ccc(Br)c(Cl)c2F)cc1. The fourth-order valence-corrected chi connectivity index (χ4v) is 2.20. The normalized spacial score (nSPS) is 10.4. The Kier molecular flexibility index (Phi) is 4.78. The molecule has 20 heavy (non-hydrogen) atoms. The number of hydrogen-bond donors (Lipinski definition) is 0. The van der Waals surface area contributed by atoms with Crippen molar-refractivity contribution in [1.82, 2.24) is 0 Å². The fraction of sp³-hybridized carbons (Fsp3) is 0.133. The van der Waals surface area contributed by atoms with E-state index in [1.54, 1.807) is 30.3 Å². The second kappa shape index (κ2) is 6.37. The molecule has 0 fully saturated rings. The van der Waals surface area contributed by atoms with Crippen LogP contribution >= 0.6 is 27.5 Å². The molecule has 0 amide bonds. The zero-order valence-corrected chi connectivity index (χ0v) is 13.0. The van der Waals surface area contributed by atoms with Crippen molar-refractivity contribution in [2.75, 3.05) is 6.61 Å². The van der Waals surface area contributed by atoms with Crippen LogP contribution in [0.4, 0.5) is 4.39 Å².